The SMILES string of the molecule is COC(=O)[C@@H]1CCCC[C@@H]1C(=O)c1ccccc1-c1ccc(N)cc1. The summed E-state index contributed by atoms with van der Waals surface area (Å²) in [4.78, 5) is 25.4. The molecule has 2 aromatic carbocycles. The number of methoxy groups -OCH3 is 1. The second kappa shape index (κ2) is 7.51. The Morgan fingerprint density at radius 2 is 1.60 bits per heavy atom. The molecule has 25 heavy (non-hydrogen) atoms. The van der Waals surface area contributed by atoms with E-state index in [9.17, 15) is 9.59 Å². The van der Waals surface area contributed by atoms with Gasteiger partial charge in [0, 0.05) is 17.2 Å². The van der Waals surface area contributed by atoms with E-state index in [-0.39, 0.29) is 23.6 Å². The lowest BCUT2D eigenvalue weighted by Gasteiger charge is -2.29. The summed E-state index contributed by atoms with van der Waals surface area (Å²) in [6.07, 6.45) is 3.37. The fraction of sp³-hybridized carbons (Fsp3) is 0.333. The van der Waals surface area contributed by atoms with Crippen LogP contribution in [-0.4, -0.2) is 18.9 Å². The highest BCUT2D eigenvalue weighted by molar-refractivity contribution is 6.05. The predicted octanol–water partition coefficient (Wildman–Crippen LogP) is 4.10. The molecule has 1 aliphatic rings. The number of nitrogen functional groups attached to an aromatic ring is 1. The molecule has 0 heterocycles. The van der Waals surface area contributed by atoms with Crippen LogP contribution in [0, 0.1) is 11.8 Å². The molecule has 0 saturated heterocycles. The maximum Gasteiger partial charge on any atom is 0.309 e. The lowest BCUT2D eigenvalue weighted by molar-refractivity contribution is -0.147. The van der Waals surface area contributed by atoms with Crippen molar-refractivity contribution < 1.29 is 14.3 Å². The van der Waals surface area contributed by atoms with E-state index in [1.54, 1.807) is 0 Å². The quantitative estimate of drug-likeness (QED) is 0.518. The van der Waals surface area contributed by atoms with Crippen LogP contribution in [0.15, 0.2) is 48.5 Å². The van der Waals surface area contributed by atoms with Gasteiger partial charge in [-0.3, -0.25) is 9.59 Å². The van der Waals surface area contributed by atoms with Crippen LogP contribution in [0.5, 0.6) is 0 Å². The summed E-state index contributed by atoms with van der Waals surface area (Å²) < 4.78 is 4.93. The third-order valence-corrected chi connectivity index (χ3v) is 5.02. The Labute approximate surface area is 148 Å². The van der Waals surface area contributed by atoms with E-state index in [2.05, 4.69) is 0 Å². The van der Waals surface area contributed by atoms with Gasteiger partial charge in [0.2, 0.25) is 0 Å². The van der Waals surface area contributed by atoms with Crippen LogP contribution in [0.25, 0.3) is 11.1 Å². The van der Waals surface area contributed by atoms with Crippen molar-refractivity contribution in [2.75, 3.05) is 12.8 Å². The van der Waals surface area contributed by atoms with Gasteiger partial charge in [0.25, 0.3) is 0 Å². The number of ether oxygens (including phenoxy) is 1. The van der Waals surface area contributed by atoms with Gasteiger partial charge < -0.3 is 10.5 Å². The molecule has 0 radical (unpaired) electrons. The molecule has 1 fully saturated rings. The van der Waals surface area contributed by atoms with Crippen molar-refractivity contribution >= 4 is 17.4 Å². The zero-order chi connectivity index (χ0) is 17.8. The first-order chi connectivity index (χ1) is 12.1. The van der Waals surface area contributed by atoms with Crippen LogP contribution in [0.1, 0.15) is 36.0 Å². The Bertz CT molecular complexity index is 767. The van der Waals surface area contributed by atoms with Crippen molar-refractivity contribution in [2.24, 2.45) is 11.8 Å². The first kappa shape index (κ1) is 17.2. The number of Topliss-reactive ketones (excluding diaryl/α,β-unsaturated/α-hetero) is 1. The van der Waals surface area contributed by atoms with Crippen LogP contribution < -0.4 is 5.73 Å². The molecule has 0 bridgehead atoms. The van der Waals surface area contributed by atoms with Gasteiger partial charge in [-0.2, -0.15) is 0 Å². The number of esters is 1. The highest BCUT2D eigenvalue weighted by Gasteiger charge is 2.37. The van der Waals surface area contributed by atoms with Gasteiger partial charge in [-0.1, -0.05) is 49.2 Å². The van der Waals surface area contributed by atoms with E-state index in [1.165, 1.54) is 7.11 Å². The van der Waals surface area contributed by atoms with Crippen molar-refractivity contribution in [3.8, 4) is 11.1 Å². The molecule has 0 aliphatic heterocycles. The number of ketones is 1. The Kier molecular flexibility index (Phi) is 5.17. The third-order valence-electron chi connectivity index (χ3n) is 5.02. The highest BCUT2D eigenvalue weighted by Crippen LogP contribution is 2.35. The number of carbonyl (C=O) groups is 2. The largest absolute Gasteiger partial charge is 0.469 e. The van der Waals surface area contributed by atoms with E-state index in [1.807, 2.05) is 48.5 Å². The standard InChI is InChI=1S/C21H23NO3/c1-25-21(24)19-9-5-4-8-18(19)20(23)17-7-3-2-6-16(17)14-10-12-15(22)13-11-14/h2-3,6-7,10-13,18-19H,4-5,8-9,22H2,1H3/t18-,19+/m0/s1. The van der Waals surface area contributed by atoms with Crippen molar-refractivity contribution in [1.82, 2.24) is 0 Å². The minimum absolute atomic E-state index is 0.0301. The average molecular weight is 337 g/mol. The summed E-state index contributed by atoms with van der Waals surface area (Å²) in [7, 11) is 1.39. The van der Waals surface area contributed by atoms with Gasteiger partial charge in [0.1, 0.15) is 0 Å². The molecule has 0 amide bonds. The van der Waals surface area contributed by atoms with E-state index < -0.39 is 0 Å². The lowest BCUT2D eigenvalue weighted by atomic mass is 9.74. The number of rotatable bonds is 4. The molecule has 2 aromatic rings. The maximum absolute atomic E-state index is 13.3. The Balaban J connectivity index is 1.97. The Morgan fingerprint density at radius 1 is 0.960 bits per heavy atom. The van der Waals surface area contributed by atoms with E-state index in [0.29, 0.717) is 17.7 Å². The summed E-state index contributed by atoms with van der Waals surface area (Å²) in [6.45, 7) is 0. The molecule has 1 aliphatic carbocycles. The van der Waals surface area contributed by atoms with Gasteiger partial charge in [0.15, 0.2) is 5.78 Å². The smallest absolute Gasteiger partial charge is 0.309 e. The Morgan fingerprint density at radius 3 is 2.28 bits per heavy atom. The lowest BCUT2D eigenvalue weighted by Crippen LogP contribution is -2.33. The molecule has 3 rings (SSSR count). The van der Waals surface area contributed by atoms with Crippen LogP contribution in [-0.2, 0) is 9.53 Å². The van der Waals surface area contributed by atoms with Gasteiger partial charge in [-0.15, -0.1) is 0 Å². The predicted molar refractivity (Wildman–Crippen MR) is 98.1 cm³/mol. The number of anilines is 1. The number of benzene rings is 2. The topological polar surface area (TPSA) is 69.4 Å². The van der Waals surface area contributed by atoms with Crippen molar-refractivity contribution in [2.45, 2.75) is 25.7 Å². The van der Waals surface area contributed by atoms with Gasteiger partial charge in [-0.25, -0.2) is 0 Å². The van der Waals surface area contributed by atoms with E-state index in [4.69, 9.17) is 10.5 Å². The maximum atomic E-state index is 13.3. The number of hydrogen-bond acceptors (Lipinski definition) is 4. The minimum atomic E-state index is -0.342. The van der Waals surface area contributed by atoms with Crippen molar-refractivity contribution in [1.29, 1.82) is 0 Å². The van der Waals surface area contributed by atoms with E-state index >= 15 is 0 Å². The molecule has 4 nitrogen and oxygen atoms in total. The molecule has 2 atom stereocenters. The van der Waals surface area contributed by atoms with Crippen LogP contribution in [0.2, 0.25) is 0 Å². The first-order valence-electron chi connectivity index (χ1n) is 8.69. The summed E-state index contributed by atoms with van der Waals surface area (Å²) in [5.41, 5.74) is 8.94. The molecule has 2 N–H and O–H groups in total. The van der Waals surface area contributed by atoms with Gasteiger partial charge >= 0.3 is 5.97 Å². The summed E-state index contributed by atoms with van der Waals surface area (Å²) >= 11 is 0. The Hall–Kier alpha value is -2.62. The fourth-order valence-corrected chi connectivity index (χ4v) is 3.69. The fourth-order valence-electron chi connectivity index (χ4n) is 3.69. The molecule has 1 saturated carbocycles. The van der Waals surface area contributed by atoms with Crippen molar-refractivity contribution in [3.63, 3.8) is 0 Å². The highest BCUT2D eigenvalue weighted by atomic mass is 16.5. The van der Waals surface area contributed by atoms with Gasteiger partial charge in [-0.05, 0) is 36.1 Å². The number of nitrogens with two attached hydrogens (primary N) is 1. The summed E-state index contributed by atoms with van der Waals surface area (Å²) in [5, 5.41) is 0. The average Bonchev–Trinajstić information content (AvgIpc) is 2.67. The molecule has 0 aromatic heterocycles. The number of carbonyl (C=O) groups excluding carboxylic acids is 2. The van der Waals surface area contributed by atoms with Crippen LogP contribution >= 0.6 is 0 Å². The molecule has 130 valence electrons. The molecule has 0 unspecified atom stereocenters. The second-order valence-corrected chi connectivity index (χ2v) is 6.55. The zero-order valence-electron chi connectivity index (χ0n) is 14.4. The van der Waals surface area contributed by atoms with Crippen LogP contribution in [0.3, 0.4) is 0 Å². The molecular weight excluding hydrogens is 314 g/mol. The minimum Gasteiger partial charge on any atom is -0.469 e. The first-order valence-corrected chi connectivity index (χ1v) is 8.69. The molecular formula is C21H23NO3. The van der Waals surface area contributed by atoms with Gasteiger partial charge in [0.05, 0.1) is 13.0 Å². The molecule has 4 heteroatoms. The third kappa shape index (κ3) is 3.58. The van der Waals surface area contributed by atoms with Crippen molar-refractivity contribution in [3.05, 3.63) is 54.1 Å². The van der Waals surface area contributed by atoms with Crippen LogP contribution in [0.4, 0.5) is 5.69 Å². The summed E-state index contributed by atoms with van der Waals surface area (Å²) in [6, 6.07) is 15.1. The van der Waals surface area contributed by atoms with E-state index in [0.717, 1.165) is 30.4 Å². The second-order valence-electron chi connectivity index (χ2n) is 6.55. The monoisotopic (exact) mass is 337 g/mol. The zero-order valence-corrected chi connectivity index (χ0v) is 14.4. The molecule has 0 spiro atoms. The normalized spacial score (nSPS) is 20.0. The summed E-state index contributed by atoms with van der Waals surface area (Å²) in [5.74, 6) is -0.896. The number of hydrogen-bond donors (Lipinski definition) is 1.